The second-order valence-corrected chi connectivity index (χ2v) is 8.59. The number of hydrogen-bond donors (Lipinski definition) is 2. The summed E-state index contributed by atoms with van der Waals surface area (Å²) in [5.74, 6) is 1.29. The summed E-state index contributed by atoms with van der Waals surface area (Å²) in [5, 5.41) is 2.60. The minimum atomic E-state index is -3.72. The zero-order valence-corrected chi connectivity index (χ0v) is 16.3. The quantitative estimate of drug-likeness (QED) is 0.821. The first kappa shape index (κ1) is 19.2. The lowest BCUT2D eigenvalue weighted by Crippen LogP contribution is -2.34. The first-order valence-electron chi connectivity index (χ1n) is 8.95. The molecule has 8 heteroatoms. The van der Waals surface area contributed by atoms with Crippen LogP contribution < -0.4 is 14.9 Å². The molecule has 2 heterocycles. The number of sulfonamides is 1. The van der Waals surface area contributed by atoms with E-state index in [0.717, 1.165) is 25.3 Å². The first-order valence-corrected chi connectivity index (χ1v) is 10.4. The van der Waals surface area contributed by atoms with Crippen LogP contribution in [0.5, 0.6) is 0 Å². The molecule has 1 aliphatic rings. The predicted molar refractivity (Wildman–Crippen MR) is 106 cm³/mol. The van der Waals surface area contributed by atoms with Crippen LogP contribution in [0.4, 0.5) is 17.2 Å². The Morgan fingerprint density at radius 3 is 2.44 bits per heavy atom. The molecule has 1 amide bonds. The number of aromatic nitrogens is 1. The van der Waals surface area contributed by atoms with E-state index in [-0.39, 0.29) is 10.8 Å². The van der Waals surface area contributed by atoms with Gasteiger partial charge in [-0.2, -0.15) is 0 Å². The largest absolute Gasteiger partial charge is 0.356 e. The lowest BCUT2D eigenvalue weighted by molar-refractivity contribution is -0.114. The highest BCUT2D eigenvalue weighted by Gasteiger charge is 2.18. The van der Waals surface area contributed by atoms with Gasteiger partial charge in [0.1, 0.15) is 5.82 Å². The van der Waals surface area contributed by atoms with Crippen LogP contribution in [-0.4, -0.2) is 32.4 Å². The van der Waals surface area contributed by atoms with E-state index in [1.54, 1.807) is 18.2 Å². The van der Waals surface area contributed by atoms with Crippen LogP contribution in [0.15, 0.2) is 47.5 Å². The zero-order valence-electron chi connectivity index (χ0n) is 15.5. The number of benzene rings is 1. The maximum atomic E-state index is 12.5. The highest BCUT2D eigenvalue weighted by Crippen LogP contribution is 2.23. The van der Waals surface area contributed by atoms with Crippen LogP contribution in [0.25, 0.3) is 0 Å². The molecule has 1 fully saturated rings. The molecule has 1 saturated heterocycles. The third-order valence-corrected chi connectivity index (χ3v) is 5.86. The number of pyridine rings is 1. The molecule has 2 aromatic rings. The van der Waals surface area contributed by atoms with Crippen molar-refractivity contribution in [1.29, 1.82) is 0 Å². The molecule has 0 saturated carbocycles. The normalized spacial score (nSPS) is 17.4. The molecule has 1 unspecified atom stereocenters. The second-order valence-electron chi connectivity index (χ2n) is 6.91. The monoisotopic (exact) mass is 388 g/mol. The van der Waals surface area contributed by atoms with Gasteiger partial charge in [0.15, 0.2) is 0 Å². The molecular formula is C19H24N4O3S. The summed E-state index contributed by atoms with van der Waals surface area (Å²) in [6, 6.07) is 9.57. The third-order valence-electron chi connectivity index (χ3n) is 4.47. The summed E-state index contributed by atoms with van der Waals surface area (Å²) in [6.45, 7) is 5.57. The molecule has 0 spiro atoms. The summed E-state index contributed by atoms with van der Waals surface area (Å²) >= 11 is 0. The highest BCUT2D eigenvalue weighted by molar-refractivity contribution is 7.92. The summed E-state index contributed by atoms with van der Waals surface area (Å²) < 4.78 is 27.6. The van der Waals surface area contributed by atoms with E-state index in [0.29, 0.717) is 17.3 Å². The predicted octanol–water partition coefficient (Wildman–Crippen LogP) is 3.08. The zero-order chi connectivity index (χ0) is 19.4. The SMILES string of the molecule is CC(=O)Nc1ccc(S(=O)(=O)Nc2ccc(N3CCCC(C)C3)nc2)cc1. The van der Waals surface area contributed by atoms with Crippen molar-refractivity contribution < 1.29 is 13.2 Å². The number of carbonyl (C=O) groups is 1. The molecule has 1 aromatic heterocycles. The van der Waals surface area contributed by atoms with Crippen molar-refractivity contribution in [2.45, 2.75) is 31.6 Å². The van der Waals surface area contributed by atoms with Crippen molar-refractivity contribution >= 4 is 33.1 Å². The molecule has 0 aliphatic carbocycles. The van der Waals surface area contributed by atoms with E-state index in [9.17, 15) is 13.2 Å². The van der Waals surface area contributed by atoms with Gasteiger partial charge in [0, 0.05) is 25.7 Å². The Labute approximate surface area is 159 Å². The average Bonchev–Trinajstić information content (AvgIpc) is 2.62. The standard InChI is InChI=1S/C19H24N4O3S/c1-14-4-3-11-23(13-14)19-10-7-17(12-20-19)22-27(25,26)18-8-5-16(6-9-18)21-15(2)24/h5-10,12,14,22H,3-4,11,13H2,1-2H3,(H,21,24). The van der Waals surface area contributed by atoms with Gasteiger partial charge in [-0.05, 0) is 55.2 Å². The van der Waals surface area contributed by atoms with Gasteiger partial charge >= 0.3 is 0 Å². The topological polar surface area (TPSA) is 91.4 Å². The Hall–Kier alpha value is -2.61. The van der Waals surface area contributed by atoms with Gasteiger partial charge in [-0.25, -0.2) is 13.4 Å². The summed E-state index contributed by atoms with van der Waals surface area (Å²) in [7, 11) is -3.72. The van der Waals surface area contributed by atoms with Gasteiger partial charge in [0.25, 0.3) is 10.0 Å². The van der Waals surface area contributed by atoms with Gasteiger partial charge in [0.05, 0.1) is 16.8 Å². The molecule has 27 heavy (non-hydrogen) atoms. The van der Waals surface area contributed by atoms with Gasteiger partial charge in [0.2, 0.25) is 5.91 Å². The Balaban J connectivity index is 1.69. The number of carbonyl (C=O) groups excluding carboxylic acids is 1. The Kier molecular flexibility index (Phi) is 5.65. The number of anilines is 3. The van der Waals surface area contributed by atoms with Crippen LogP contribution in [0, 0.1) is 5.92 Å². The number of amides is 1. The molecule has 1 aliphatic heterocycles. The van der Waals surface area contributed by atoms with Crippen molar-refractivity contribution in [2.24, 2.45) is 5.92 Å². The van der Waals surface area contributed by atoms with Crippen molar-refractivity contribution in [3.8, 4) is 0 Å². The van der Waals surface area contributed by atoms with E-state index < -0.39 is 10.0 Å². The lowest BCUT2D eigenvalue weighted by Gasteiger charge is -2.31. The van der Waals surface area contributed by atoms with E-state index in [1.807, 2.05) is 6.07 Å². The fourth-order valence-corrected chi connectivity index (χ4v) is 4.21. The van der Waals surface area contributed by atoms with E-state index >= 15 is 0 Å². The van der Waals surface area contributed by atoms with Crippen LogP contribution >= 0.6 is 0 Å². The molecule has 7 nitrogen and oxygen atoms in total. The second kappa shape index (κ2) is 7.96. The van der Waals surface area contributed by atoms with E-state index in [2.05, 4.69) is 26.8 Å². The summed E-state index contributed by atoms with van der Waals surface area (Å²) in [6.07, 6.45) is 3.92. The molecular weight excluding hydrogens is 364 g/mol. The maximum absolute atomic E-state index is 12.5. The molecule has 1 atom stereocenters. The Morgan fingerprint density at radius 2 is 1.85 bits per heavy atom. The number of hydrogen-bond acceptors (Lipinski definition) is 5. The first-order chi connectivity index (χ1) is 12.8. The number of rotatable bonds is 5. The van der Waals surface area contributed by atoms with Crippen LogP contribution in [-0.2, 0) is 14.8 Å². The lowest BCUT2D eigenvalue weighted by atomic mass is 10.0. The van der Waals surface area contributed by atoms with Crippen molar-refractivity contribution in [2.75, 3.05) is 28.0 Å². The molecule has 0 bridgehead atoms. The Morgan fingerprint density at radius 1 is 1.15 bits per heavy atom. The average molecular weight is 388 g/mol. The number of nitrogens with zero attached hydrogens (tertiary/aromatic N) is 2. The minimum absolute atomic E-state index is 0.116. The summed E-state index contributed by atoms with van der Waals surface area (Å²) in [5.41, 5.74) is 0.956. The Bertz CT molecular complexity index is 896. The fraction of sp³-hybridized carbons (Fsp3) is 0.368. The number of piperidine rings is 1. The molecule has 1 aromatic carbocycles. The van der Waals surface area contributed by atoms with Crippen molar-refractivity contribution in [3.05, 3.63) is 42.6 Å². The number of nitrogens with one attached hydrogen (secondary N) is 2. The van der Waals surface area contributed by atoms with Crippen LogP contribution in [0.2, 0.25) is 0 Å². The third kappa shape index (κ3) is 4.97. The molecule has 0 radical (unpaired) electrons. The highest BCUT2D eigenvalue weighted by atomic mass is 32.2. The van der Waals surface area contributed by atoms with Gasteiger partial charge < -0.3 is 10.2 Å². The maximum Gasteiger partial charge on any atom is 0.261 e. The fourth-order valence-electron chi connectivity index (χ4n) is 3.17. The van der Waals surface area contributed by atoms with Crippen molar-refractivity contribution in [1.82, 2.24) is 4.98 Å². The van der Waals surface area contributed by atoms with E-state index in [4.69, 9.17) is 0 Å². The minimum Gasteiger partial charge on any atom is -0.356 e. The molecule has 144 valence electrons. The van der Waals surface area contributed by atoms with Gasteiger partial charge in [-0.3, -0.25) is 9.52 Å². The van der Waals surface area contributed by atoms with Crippen LogP contribution in [0.3, 0.4) is 0 Å². The smallest absolute Gasteiger partial charge is 0.261 e. The van der Waals surface area contributed by atoms with Gasteiger partial charge in [-0.15, -0.1) is 0 Å². The van der Waals surface area contributed by atoms with Crippen LogP contribution in [0.1, 0.15) is 26.7 Å². The molecule has 3 rings (SSSR count). The van der Waals surface area contributed by atoms with Gasteiger partial charge in [-0.1, -0.05) is 6.92 Å². The van der Waals surface area contributed by atoms with E-state index in [1.165, 1.54) is 31.7 Å². The molecule has 2 N–H and O–H groups in total. The summed E-state index contributed by atoms with van der Waals surface area (Å²) in [4.78, 5) is 17.8. The van der Waals surface area contributed by atoms with Crippen molar-refractivity contribution in [3.63, 3.8) is 0 Å².